The smallest absolute Gasteiger partial charge is 0.148 e. The summed E-state index contributed by atoms with van der Waals surface area (Å²) in [7, 11) is 0. The first-order valence-electron chi connectivity index (χ1n) is 10.9. The number of pyridine rings is 1. The summed E-state index contributed by atoms with van der Waals surface area (Å²) in [5.41, 5.74) is 7.55. The first kappa shape index (κ1) is 18.3. The maximum atomic E-state index is 6.17. The third-order valence-corrected chi connectivity index (χ3v) is 6.57. The molecule has 2 aliphatic rings. The van der Waals surface area contributed by atoms with Crippen molar-refractivity contribution >= 4 is 27.6 Å². The van der Waals surface area contributed by atoms with Crippen LogP contribution in [0, 0.1) is 0 Å². The molecule has 0 N–H and O–H groups in total. The van der Waals surface area contributed by atoms with Crippen molar-refractivity contribution in [2.75, 3.05) is 0 Å². The van der Waals surface area contributed by atoms with Crippen LogP contribution in [0.1, 0.15) is 89.2 Å². The third kappa shape index (κ3) is 2.41. The molecule has 4 aromatic rings. The molecule has 0 radical (unpaired) electrons. The van der Waals surface area contributed by atoms with Crippen LogP contribution in [0.4, 0.5) is 0 Å². The largest absolute Gasteiger partial charge is 0.366 e. The number of rotatable bonds is 0. The van der Waals surface area contributed by atoms with Crippen molar-refractivity contribution in [3.05, 3.63) is 47.0 Å². The van der Waals surface area contributed by atoms with Crippen LogP contribution in [0.15, 0.2) is 24.4 Å². The van der Waals surface area contributed by atoms with Crippen molar-refractivity contribution in [1.82, 2.24) is 19.4 Å². The topological polar surface area (TPSA) is 52.3 Å². The Morgan fingerprint density at radius 2 is 1.57 bits per heavy atom. The normalized spacial score (nSPS) is 21.3. The van der Waals surface area contributed by atoms with Gasteiger partial charge in [-0.3, -0.25) is 9.38 Å². The number of fused-ring (bicyclic) bond motifs is 10. The fraction of sp³-hybridized carbons (Fsp3) is 0.480. The van der Waals surface area contributed by atoms with Crippen LogP contribution in [0.5, 0.6) is 0 Å². The predicted octanol–water partition coefficient (Wildman–Crippen LogP) is 5.93. The number of hydrogen-bond donors (Lipinski definition) is 0. The second-order valence-electron chi connectivity index (χ2n) is 11.0. The number of aromatic nitrogens is 4. The van der Waals surface area contributed by atoms with Gasteiger partial charge in [0, 0.05) is 21.9 Å². The van der Waals surface area contributed by atoms with Gasteiger partial charge in [-0.2, -0.15) is 0 Å². The lowest BCUT2D eigenvalue weighted by atomic mass is 9.90. The molecule has 5 heterocycles. The first-order chi connectivity index (χ1) is 14.1. The summed E-state index contributed by atoms with van der Waals surface area (Å²) in [6, 6.07) is 6.73. The Hall–Kier alpha value is -2.53. The van der Waals surface area contributed by atoms with Crippen LogP contribution in [0.25, 0.3) is 27.6 Å². The lowest BCUT2D eigenvalue weighted by molar-refractivity contribution is 0.0717. The Kier molecular flexibility index (Phi) is 3.40. The molecule has 1 fully saturated rings. The maximum absolute atomic E-state index is 6.17. The minimum Gasteiger partial charge on any atom is -0.366 e. The third-order valence-electron chi connectivity index (χ3n) is 6.57. The van der Waals surface area contributed by atoms with E-state index in [0.717, 1.165) is 51.9 Å². The highest BCUT2D eigenvalue weighted by Gasteiger charge is 2.38. The van der Waals surface area contributed by atoms with Gasteiger partial charge < -0.3 is 4.74 Å². The molecule has 154 valence electrons. The lowest BCUT2D eigenvalue weighted by Gasteiger charge is -2.22. The summed E-state index contributed by atoms with van der Waals surface area (Å²) in [6.07, 6.45) is 4.62. The molecule has 6 rings (SSSR count). The van der Waals surface area contributed by atoms with Crippen LogP contribution in [-0.2, 0) is 15.6 Å². The molecule has 2 unspecified atom stereocenters. The van der Waals surface area contributed by atoms with E-state index in [-0.39, 0.29) is 23.0 Å². The predicted molar refractivity (Wildman–Crippen MR) is 119 cm³/mol. The fourth-order valence-electron chi connectivity index (χ4n) is 5.00. The number of benzene rings is 1. The quantitative estimate of drug-likeness (QED) is 0.367. The Bertz CT molecular complexity index is 1350. The second-order valence-corrected chi connectivity index (χ2v) is 11.0. The molecule has 2 atom stereocenters. The molecule has 2 bridgehead atoms. The monoisotopic (exact) mass is 400 g/mol. The van der Waals surface area contributed by atoms with E-state index in [4.69, 9.17) is 19.7 Å². The van der Waals surface area contributed by atoms with Gasteiger partial charge in [0.2, 0.25) is 0 Å². The average molecular weight is 401 g/mol. The zero-order chi connectivity index (χ0) is 21.0. The molecule has 1 saturated heterocycles. The number of ether oxygens (including phenoxy) is 1. The fourth-order valence-corrected chi connectivity index (χ4v) is 5.00. The zero-order valence-corrected chi connectivity index (χ0v) is 18.6. The van der Waals surface area contributed by atoms with Gasteiger partial charge in [-0.25, -0.2) is 9.97 Å². The van der Waals surface area contributed by atoms with E-state index >= 15 is 0 Å². The zero-order valence-electron chi connectivity index (χ0n) is 18.6. The van der Waals surface area contributed by atoms with Crippen molar-refractivity contribution in [2.45, 2.75) is 77.4 Å². The highest BCUT2D eigenvalue weighted by atomic mass is 16.5. The average Bonchev–Trinajstić information content (AvgIpc) is 3.37. The van der Waals surface area contributed by atoms with E-state index in [9.17, 15) is 0 Å². The SMILES string of the molecule is CC(C)(C)c1cc2c(cn1)nc1c3cc4c(cc3nc(C(C)(C)C)n21)C1CCC4O1. The summed E-state index contributed by atoms with van der Waals surface area (Å²) in [5.74, 6) is 1.03. The lowest BCUT2D eigenvalue weighted by Crippen LogP contribution is -2.19. The second kappa shape index (κ2) is 5.58. The van der Waals surface area contributed by atoms with E-state index in [1.165, 1.54) is 11.1 Å². The van der Waals surface area contributed by atoms with Gasteiger partial charge in [-0.1, -0.05) is 41.5 Å². The minimum atomic E-state index is -0.125. The molecule has 1 aromatic carbocycles. The number of hydrogen-bond acceptors (Lipinski definition) is 4. The van der Waals surface area contributed by atoms with E-state index in [2.05, 4.69) is 64.1 Å². The molecule has 3 aromatic heterocycles. The standard InChI is InChI=1S/C25H28N4O/c1-24(2,3)21-11-18-17(12-26-21)27-22-15-9-13-14(20-8-7-19(13)30-20)10-16(15)28-23(29(18)22)25(4,5)6/h9-12,19-20H,7-8H2,1-6H3. The van der Waals surface area contributed by atoms with Crippen molar-refractivity contribution < 1.29 is 4.74 Å². The Morgan fingerprint density at radius 3 is 2.23 bits per heavy atom. The molecule has 0 saturated carbocycles. The van der Waals surface area contributed by atoms with E-state index in [1.807, 2.05) is 6.20 Å². The van der Waals surface area contributed by atoms with Crippen molar-refractivity contribution in [3.8, 4) is 0 Å². The molecule has 2 aliphatic heterocycles. The summed E-state index contributed by atoms with van der Waals surface area (Å²) in [6.45, 7) is 13.2. The molecule has 0 amide bonds. The Balaban J connectivity index is 1.76. The van der Waals surface area contributed by atoms with Crippen LogP contribution in [0.2, 0.25) is 0 Å². The van der Waals surface area contributed by atoms with Crippen molar-refractivity contribution in [1.29, 1.82) is 0 Å². The molecule has 30 heavy (non-hydrogen) atoms. The summed E-state index contributed by atoms with van der Waals surface area (Å²) in [5, 5.41) is 1.10. The van der Waals surface area contributed by atoms with Crippen molar-refractivity contribution in [3.63, 3.8) is 0 Å². The first-order valence-corrected chi connectivity index (χ1v) is 10.9. The van der Waals surface area contributed by atoms with Gasteiger partial charge in [0.25, 0.3) is 0 Å². The molecule has 0 aliphatic carbocycles. The Morgan fingerprint density at radius 1 is 0.867 bits per heavy atom. The highest BCUT2D eigenvalue weighted by molar-refractivity contribution is 5.97. The van der Waals surface area contributed by atoms with Crippen LogP contribution in [0.3, 0.4) is 0 Å². The minimum absolute atomic E-state index is 0.0259. The summed E-state index contributed by atoms with van der Waals surface area (Å²) >= 11 is 0. The maximum Gasteiger partial charge on any atom is 0.148 e. The van der Waals surface area contributed by atoms with Crippen LogP contribution < -0.4 is 0 Å². The summed E-state index contributed by atoms with van der Waals surface area (Å²) < 4.78 is 8.43. The number of imidazole rings is 1. The van der Waals surface area contributed by atoms with E-state index in [1.54, 1.807) is 0 Å². The molecular formula is C25H28N4O. The molecule has 5 nitrogen and oxygen atoms in total. The van der Waals surface area contributed by atoms with Crippen LogP contribution in [-0.4, -0.2) is 19.4 Å². The van der Waals surface area contributed by atoms with Crippen LogP contribution >= 0.6 is 0 Å². The van der Waals surface area contributed by atoms with Crippen molar-refractivity contribution in [2.24, 2.45) is 0 Å². The van der Waals surface area contributed by atoms with Gasteiger partial charge in [0.15, 0.2) is 0 Å². The van der Waals surface area contributed by atoms with E-state index in [0.29, 0.717) is 0 Å². The van der Waals surface area contributed by atoms with Gasteiger partial charge in [0.05, 0.1) is 29.4 Å². The Labute approximate surface area is 176 Å². The van der Waals surface area contributed by atoms with Gasteiger partial charge in [0.1, 0.15) is 17.0 Å². The molecular weight excluding hydrogens is 372 g/mol. The summed E-state index contributed by atoms with van der Waals surface area (Å²) in [4.78, 5) is 15.0. The highest BCUT2D eigenvalue weighted by Crippen LogP contribution is 2.51. The number of nitrogens with zero attached hydrogens (tertiary/aromatic N) is 4. The molecule has 5 heteroatoms. The molecule has 0 spiro atoms. The van der Waals surface area contributed by atoms with E-state index < -0.39 is 0 Å². The van der Waals surface area contributed by atoms with Gasteiger partial charge >= 0.3 is 0 Å². The van der Waals surface area contributed by atoms with Gasteiger partial charge in [-0.15, -0.1) is 0 Å². The van der Waals surface area contributed by atoms with Gasteiger partial charge in [-0.05, 0) is 42.2 Å².